The average molecular weight is 415 g/mol. The summed E-state index contributed by atoms with van der Waals surface area (Å²) in [5.41, 5.74) is 5.51. The van der Waals surface area contributed by atoms with Gasteiger partial charge in [-0.05, 0) is 39.9 Å². The highest BCUT2D eigenvalue weighted by Gasteiger charge is 2.28. The minimum Gasteiger partial charge on any atom is -0.449 e. The van der Waals surface area contributed by atoms with Crippen LogP contribution in [0, 0.1) is 17.7 Å². The molecule has 1 aliphatic rings. The SMILES string of the molecule is O=C(NCCC#Cc1cc(CO)ccc1F)OCC1c2ccccc2-c2ccccc21. The molecular formula is C26H22FNO3. The maximum atomic E-state index is 13.7. The van der Waals surface area contributed by atoms with E-state index in [4.69, 9.17) is 9.84 Å². The Morgan fingerprint density at radius 2 is 1.71 bits per heavy atom. The van der Waals surface area contributed by atoms with Gasteiger partial charge < -0.3 is 15.2 Å². The van der Waals surface area contributed by atoms with Crippen LogP contribution in [0.4, 0.5) is 9.18 Å². The number of amides is 1. The van der Waals surface area contributed by atoms with E-state index in [2.05, 4.69) is 41.4 Å². The van der Waals surface area contributed by atoms with Crippen LogP contribution in [0.5, 0.6) is 0 Å². The highest BCUT2D eigenvalue weighted by molar-refractivity contribution is 5.79. The first-order valence-electron chi connectivity index (χ1n) is 10.1. The molecule has 31 heavy (non-hydrogen) atoms. The first-order chi connectivity index (χ1) is 15.2. The second-order valence-corrected chi connectivity index (χ2v) is 7.28. The molecule has 2 N–H and O–H groups in total. The van der Waals surface area contributed by atoms with Gasteiger partial charge in [0.15, 0.2) is 0 Å². The van der Waals surface area contributed by atoms with Crippen molar-refractivity contribution in [3.63, 3.8) is 0 Å². The largest absolute Gasteiger partial charge is 0.449 e. The number of carbonyl (C=O) groups is 1. The maximum Gasteiger partial charge on any atom is 0.407 e. The molecule has 0 aromatic heterocycles. The molecule has 3 aromatic carbocycles. The van der Waals surface area contributed by atoms with E-state index in [0.29, 0.717) is 18.5 Å². The van der Waals surface area contributed by atoms with Gasteiger partial charge in [0.25, 0.3) is 0 Å². The number of aliphatic hydroxyl groups is 1. The first kappa shape index (κ1) is 20.6. The van der Waals surface area contributed by atoms with Crippen molar-refractivity contribution in [1.82, 2.24) is 5.32 Å². The fourth-order valence-corrected chi connectivity index (χ4v) is 3.80. The Bertz CT molecular complexity index is 1120. The summed E-state index contributed by atoms with van der Waals surface area (Å²) in [7, 11) is 0. The van der Waals surface area contributed by atoms with Crippen LogP contribution in [0.3, 0.4) is 0 Å². The monoisotopic (exact) mass is 415 g/mol. The number of aliphatic hydroxyl groups excluding tert-OH is 1. The van der Waals surface area contributed by atoms with Crippen molar-refractivity contribution in [3.8, 4) is 23.0 Å². The van der Waals surface area contributed by atoms with Gasteiger partial charge in [0.2, 0.25) is 0 Å². The van der Waals surface area contributed by atoms with Gasteiger partial charge in [-0.1, -0.05) is 66.4 Å². The molecule has 0 spiro atoms. The molecule has 0 unspecified atom stereocenters. The number of carbonyl (C=O) groups excluding carboxylic acids is 1. The van der Waals surface area contributed by atoms with E-state index in [1.165, 1.54) is 29.3 Å². The van der Waals surface area contributed by atoms with E-state index in [-0.39, 0.29) is 24.7 Å². The Balaban J connectivity index is 1.29. The number of nitrogens with one attached hydrogen (secondary N) is 1. The van der Waals surface area contributed by atoms with Gasteiger partial charge in [-0.3, -0.25) is 0 Å². The van der Waals surface area contributed by atoms with E-state index >= 15 is 0 Å². The third kappa shape index (κ3) is 4.60. The fourth-order valence-electron chi connectivity index (χ4n) is 3.80. The molecule has 0 saturated heterocycles. The zero-order valence-corrected chi connectivity index (χ0v) is 16.9. The van der Waals surface area contributed by atoms with E-state index in [9.17, 15) is 9.18 Å². The average Bonchev–Trinajstić information content (AvgIpc) is 3.12. The number of fused-ring (bicyclic) bond motifs is 3. The summed E-state index contributed by atoms with van der Waals surface area (Å²) in [6.45, 7) is 0.383. The van der Waals surface area contributed by atoms with E-state index in [1.54, 1.807) is 0 Å². The highest BCUT2D eigenvalue weighted by atomic mass is 19.1. The standard InChI is InChI=1S/C26H22FNO3/c27-25-13-12-18(16-29)15-19(25)7-5-6-14-28-26(30)31-17-24-22-10-3-1-8-20(22)21-9-2-4-11-23(21)24/h1-4,8-13,15,24,29H,6,14,16-17H2,(H,28,30). The van der Waals surface area contributed by atoms with Crippen LogP contribution >= 0.6 is 0 Å². The van der Waals surface area contributed by atoms with Crippen LogP contribution in [0.2, 0.25) is 0 Å². The predicted octanol–water partition coefficient (Wildman–Crippen LogP) is 4.60. The van der Waals surface area contributed by atoms with E-state index < -0.39 is 11.9 Å². The lowest BCUT2D eigenvalue weighted by Crippen LogP contribution is -2.26. The summed E-state index contributed by atoms with van der Waals surface area (Å²) in [5, 5.41) is 11.8. The van der Waals surface area contributed by atoms with Crippen LogP contribution < -0.4 is 5.32 Å². The van der Waals surface area contributed by atoms with Crippen molar-refractivity contribution in [2.75, 3.05) is 13.2 Å². The molecule has 4 nitrogen and oxygen atoms in total. The van der Waals surface area contributed by atoms with Gasteiger partial charge in [0.1, 0.15) is 12.4 Å². The van der Waals surface area contributed by atoms with Crippen molar-refractivity contribution >= 4 is 6.09 Å². The Labute approximate surface area is 180 Å². The summed E-state index contributed by atoms with van der Waals surface area (Å²) >= 11 is 0. The van der Waals surface area contributed by atoms with E-state index in [0.717, 1.165) is 11.1 Å². The molecule has 3 aromatic rings. The molecule has 0 radical (unpaired) electrons. The van der Waals surface area contributed by atoms with Gasteiger partial charge in [-0.2, -0.15) is 0 Å². The number of ether oxygens (including phenoxy) is 1. The van der Waals surface area contributed by atoms with Crippen molar-refractivity contribution in [2.24, 2.45) is 0 Å². The summed E-state index contributed by atoms with van der Waals surface area (Å²) in [6.07, 6.45) is -0.149. The summed E-state index contributed by atoms with van der Waals surface area (Å²) in [5.74, 6) is 5.14. The van der Waals surface area contributed by atoms with Crippen molar-refractivity contribution in [1.29, 1.82) is 0 Å². The molecule has 0 bridgehead atoms. The molecule has 0 atom stereocenters. The minimum atomic E-state index is -0.503. The maximum absolute atomic E-state index is 13.7. The lowest BCUT2D eigenvalue weighted by molar-refractivity contribution is 0.143. The van der Waals surface area contributed by atoms with Crippen LogP contribution in [0.1, 0.15) is 34.6 Å². The summed E-state index contributed by atoms with van der Waals surface area (Å²) in [4.78, 5) is 12.1. The Hall–Kier alpha value is -3.62. The van der Waals surface area contributed by atoms with Crippen LogP contribution in [0.15, 0.2) is 66.7 Å². The number of benzene rings is 3. The molecule has 0 fully saturated rings. The molecule has 5 heteroatoms. The van der Waals surface area contributed by atoms with Gasteiger partial charge in [0, 0.05) is 18.9 Å². The van der Waals surface area contributed by atoms with Gasteiger partial charge in [0.05, 0.1) is 12.2 Å². The van der Waals surface area contributed by atoms with Crippen LogP contribution in [-0.4, -0.2) is 24.4 Å². The number of alkyl carbamates (subject to hydrolysis) is 1. The van der Waals surface area contributed by atoms with Crippen LogP contribution in [0.25, 0.3) is 11.1 Å². The first-order valence-corrected chi connectivity index (χ1v) is 10.1. The molecule has 0 heterocycles. The molecule has 156 valence electrons. The van der Waals surface area contributed by atoms with Crippen molar-refractivity contribution in [3.05, 3.63) is 94.8 Å². The fraction of sp³-hybridized carbons (Fsp3) is 0.192. The third-order valence-corrected chi connectivity index (χ3v) is 5.30. The molecular weight excluding hydrogens is 393 g/mol. The lowest BCUT2D eigenvalue weighted by atomic mass is 9.98. The number of hydrogen-bond acceptors (Lipinski definition) is 3. The molecule has 4 rings (SSSR count). The zero-order valence-electron chi connectivity index (χ0n) is 16.9. The molecule has 0 saturated carbocycles. The second-order valence-electron chi connectivity index (χ2n) is 7.28. The zero-order chi connectivity index (χ0) is 21.6. The predicted molar refractivity (Wildman–Crippen MR) is 117 cm³/mol. The van der Waals surface area contributed by atoms with Crippen LogP contribution in [-0.2, 0) is 11.3 Å². The van der Waals surface area contributed by atoms with Gasteiger partial charge in [-0.15, -0.1) is 0 Å². The number of halogens is 1. The Kier molecular flexibility index (Phi) is 6.30. The highest BCUT2D eigenvalue weighted by Crippen LogP contribution is 2.44. The minimum absolute atomic E-state index is 0.0136. The summed E-state index contributed by atoms with van der Waals surface area (Å²) in [6, 6.07) is 20.6. The van der Waals surface area contributed by atoms with Gasteiger partial charge in [-0.25, -0.2) is 9.18 Å². The topological polar surface area (TPSA) is 58.6 Å². The van der Waals surface area contributed by atoms with Gasteiger partial charge >= 0.3 is 6.09 Å². The quantitative estimate of drug-likeness (QED) is 0.473. The second kappa shape index (κ2) is 9.46. The smallest absolute Gasteiger partial charge is 0.407 e. The molecule has 1 aliphatic carbocycles. The third-order valence-electron chi connectivity index (χ3n) is 5.30. The van der Waals surface area contributed by atoms with Crippen molar-refractivity contribution in [2.45, 2.75) is 18.9 Å². The lowest BCUT2D eigenvalue weighted by Gasteiger charge is -2.14. The Morgan fingerprint density at radius 3 is 2.39 bits per heavy atom. The Morgan fingerprint density at radius 1 is 1.03 bits per heavy atom. The van der Waals surface area contributed by atoms with Crippen molar-refractivity contribution < 1.29 is 19.0 Å². The molecule has 0 aliphatic heterocycles. The summed E-state index contributed by atoms with van der Waals surface area (Å²) < 4.78 is 19.2. The van der Waals surface area contributed by atoms with E-state index in [1.807, 2.05) is 24.3 Å². The number of hydrogen-bond donors (Lipinski definition) is 2. The normalized spacial score (nSPS) is 11.8. The molecule has 1 amide bonds. The number of rotatable bonds is 5.